The van der Waals surface area contributed by atoms with Crippen molar-refractivity contribution in [3.8, 4) is 17.1 Å². The number of para-hydroxylation sites is 1. The van der Waals surface area contributed by atoms with E-state index in [1.807, 2.05) is 34.9 Å². The molecule has 0 saturated heterocycles. The van der Waals surface area contributed by atoms with E-state index in [9.17, 15) is 0 Å². The van der Waals surface area contributed by atoms with Crippen molar-refractivity contribution in [2.45, 2.75) is 6.92 Å². The highest BCUT2D eigenvalue weighted by Gasteiger charge is 2.11. The van der Waals surface area contributed by atoms with Crippen LogP contribution in [-0.2, 0) is 0 Å². The molecular weight excluding hydrogens is 302 g/mol. The van der Waals surface area contributed by atoms with Crippen LogP contribution in [0.15, 0.2) is 59.3 Å². The van der Waals surface area contributed by atoms with Crippen molar-refractivity contribution in [1.29, 1.82) is 0 Å². The van der Waals surface area contributed by atoms with Gasteiger partial charge in [0.05, 0.1) is 0 Å². The topological polar surface area (TPSA) is 30.7 Å². The highest BCUT2D eigenvalue weighted by Crippen LogP contribution is 2.28. The summed E-state index contributed by atoms with van der Waals surface area (Å²) in [4.78, 5) is 0. The van der Waals surface area contributed by atoms with E-state index < -0.39 is 0 Å². The van der Waals surface area contributed by atoms with Crippen molar-refractivity contribution < 1.29 is 0 Å². The lowest BCUT2D eigenvalue weighted by atomic mass is 10.1. The van der Waals surface area contributed by atoms with Crippen molar-refractivity contribution >= 4 is 15.9 Å². The Bertz CT molecular complexity index is 704. The smallest absolute Gasteiger partial charge is 0.169 e. The van der Waals surface area contributed by atoms with Crippen molar-refractivity contribution in [2.75, 3.05) is 0 Å². The molecule has 3 nitrogen and oxygen atoms in total. The maximum atomic E-state index is 4.24. The van der Waals surface area contributed by atoms with E-state index in [0.717, 1.165) is 21.5 Å². The third kappa shape index (κ3) is 2.31. The molecule has 0 atom stereocenters. The molecule has 0 aliphatic rings. The van der Waals surface area contributed by atoms with Gasteiger partial charge in [-0.3, -0.25) is 4.57 Å². The number of rotatable bonds is 2. The zero-order chi connectivity index (χ0) is 13.2. The molecule has 4 heteroatoms. The summed E-state index contributed by atoms with van der Waals surface area (Å²) < 4.78 is 3.01. The summed E-state index contributed by atoms with van der Waals surface area (Å²) in [5, 5.41) is 8.27. The average Bonchev–Trinajstić information content (AvgIpc) is 2.89. The molecule has 0 aliphatic heterocycles. The van der Waals surface area contributed by atoms with Gasteiger partial charge < -0.3 is 0 Å². The number of hydrogen-bond acceptors (Lipinski definition) is 2. The van der Waals surface area contributed by atoms with Crippen LogP contribution in [0.3, 0.4) is 0 Å². The summed E-state index contributed by atoms with van der Waals surface area (Å²) >= 11 is 3.59. The largest absolute Gasteiger partial charge is 0.282 e. The monoisotopic (exact) mass is 313 g/mol. The molecule has 0 spiro atoms. The lowest BCUT2D eigenvalue weighted by Gasteiger charge is -2.08. The van der Waals surface area contributed by atoms with E-state index >= 15 is 0 Å². The van der Waals surface area contributed by atoms with Crippen molar-refractivity contribution in [3.63, 3.8) is 0 Å². The molecule has 2 aromatic carbocycles. The van der Waals surface area contributed by atoms with Gasteiger partial charge >= 0.3 is 0 Å². The molecule has 0 radical (unpaired) electrons. The molecule has 1 aromatic heterocycles. The minimum absolute atomic E-state index is 0.832. The van der Waals surface area contributed by atoms with E-state index in [0.29, 0.717) is 0 Å². The van der Waals surface area contributed by atoms with Gasteiger partial charge in [0.1, 0.15) is 6.33 Å². The van der Waals surface area contributed by atoms with Gasteiger partial charge in [0.2, 0.25) is 0 Å². The zero-order valence-corrected chi connectivity index (χ0v) is 12.0. The summed E-state index contributed by atoms with van der Waals surface area (Å²) in [7, 11) is 0. The maximum absolute atomic E-state index is 4.24. The minimum Gasteiger partial charge on any atom is -0.282 e. The van der Waals surface area contributed by atoms with E-state index in [4.69, 9.17) is 0 Å². The Morgan fingerprint density at radius 1 is 1.05 bits per heavy atom. The minimum atomic E-state index is 0.832. The van der Waals surface area contributed by atoms with Crippen molar-refractivity contribution in [3.05, 3.63) is 64.9 Å². The molecule has 0 amide bonds. The molecular formula is C15H12BrN3. The third-order valence-corrected chi connectivity index (χ3v) is 3.60. The number of halogens is 1. The van der Waals surface area contributed by atoms with Crippen LogP contribution in [0.2, 0.25) is 0 Å². The first-order valence-electron chi connectivity index (χ1n) is 5.97. The van der Waals surface area contributed by atoms with Crippen LogP contribution in [0.4, 0.5) is 0 Å². The van der Waals surface area contributed by atoms with Crippen LogP contribution in [0.25, 0.3) is 17.1 Å². The summed E-state index contributed by atoms with van der Waals surface area (Å²) in [5.41, 5.74) is 3.29. The van der Waals surface area contributed by atoms with Gasteiger partial charge in [-0.05, 0) is 36.8 Å². The van der Waals surface area contributed by atoms with Crippen LogP contribution in [0.5, 0.6) is 0 Å². The van der Waals surface area contributed by atoms with Crippen LogP contribution in [0, 0.1) is 6.92 Å². The van der Waals surface area contributed by atoms with Gasteiger partial charge in [-0.2, -0.15) is 0 Å². The molecule has 94 valence electrons. The highest BCUT2D eigenvalue weighted by molar-refractivity contribution is 9.10. The lowest BCUT2D eigenvalue weighted by Crippen LogP contribution is -1.96. The predicted molar refractivity (Wildman–Crippen MR) is 79.2 cm³/mol. The van der Waals surface area contributed by atoms with E-state index in [1.54, 1.807) is 6.33 Å². The Hall–Kier alpha value is -1.94. The van der Waals surface area contributed by atoms with Gasteiger partial charge in [0.15, 0.2) is 5.82 Å². The van der Waals surface area contributed by atoms with E-state index in [-0.39, 0.29) is 0 Å². The van der Waals surface area contributed by atoms with Crippen LogP contribution < -0.4 is 0 Å². The van der Waals surface area contributed by atoms with Crippen molar-refractivity contribution in [1.82, 2.24) is 14.8 Å². The first-order chi connectivity index (χ1) is 9.25. The standard InChI is InChI=1S/C15H12BrN3/c1-11-7-8-13(14(16)9-11)15-18-17-10-19(15)12-5-3-2-4-6-12/h2-10H,1H3. The number of aryl methyl sites for hydroxylation is 1. The number of benzene rings is 2. The quantitative estimate of drug-likeness (QED) is 0.715. The molecule has 0 saturated carbocycles. The fourth-order valence-corrected chi connectivity index (χ4v) is 2.67. The molecule has 0 fully saturated rings. The molecule has 3 rings (SSSR count). The summed E-state index contributed by atoms with van der Waals surface area (Å²) in [5.74, 6) is 0.832. The molecule has 0 bridgehead atoms. The fourth-order valence-electron chi connectivity index (χ4n) is 2.00. The predicted octanol–water partition coefficient (Wildman–Crippen LogP) is 4.01. The fraction of sp³-hybridized carbons (Fsp3) is 0.0667. The number of aromatic nitrogens is 3. The summed E-state index contributed by atoms with van der Waals surface area (Å²) in [6, 6.07) is 16.3. The van der Waals surface area contributed by atoms with Gasteiger partial charge in [-0.1, -0.05) is 40.2 Å². The Balaban J connectivity index is 2.15. The molecule has 3 aromatic rings. The number of hydrogen-bond donors (Lipinski definition) is 0. The summed E-state index contributed by atoms with van der Waals surface area (Å²) in [6.45, 7) is 2.07. The first kappa shape index (κ1) is 12.1. The molecule has 1 heterocycles. The van der Waals surface area contributed by atoms with Crippen molar-refractivity contribution in [2.24, 2.45) is 0 Å². The second-order valence-electron chi connectivity index (χ2n) is 4.34. The molecule has 19 heavy (non-hydrogen) atoms. The van der Waals surface area contributed by atoms with E-state index in [2.05, 4.69) is 51.3 Å². The van der Waals surface area contributed by atoms with Gasteiger partial charge in [0, 0.05) is 15.7 Å². The normalized spacial score (nSPS) is 10.6. The Morgan fingerprint density at radius 2 is 1.84 bits per heavy atom. The van der Waals surface area contributed by atoms with E-state index in [1.165, 1.54) is 5.56 Å². The van der Waals surface area contributed by atoms with Crippen LogP contribution in [-0.4, -0.2) is 14.8 Å². The maximum Gasteiger partial charge on any atom is 0.169 e. The van der Waals surface area contributed by atoms with Gasteiger partial charge in [0.25, 0.3) is 0 Å². The molecule has 0 aliphatic carbocycles. The van der Waals surface area contributed by atoms with Gasteiger partial charge in [-0.25, -0.2) is 0 Å². The second-order valence-corrected chi connectivity index (χ2v) is 5.20. The highest BCUT2D eigenvalue weighted by atomic mass is 79.9. The lowest BCUT2D eigenvalue weighted by molar-refractivity contribution is 1.06. The zero-order valence-electron chi connectivity index (χ0n) is 10.4. The Labute approximate surface area is 120 Å². The second kappa shape index (κ2) is 4.97. The van der Waals surface area contributed by atoms with Crippen LogP contribution in [0.1, 0.15) is 5.56 Å². The molecule has 0 unspecified atom stereocenters. The van der Waals surface area contributed by atoms with Crippen LogP contribution >= 0.6 is 15.9 Å². The number of nitrogens with zero attached hydrogens (tertiary/aromatic N) is 3. The molecule has 0 N–H and O–H groups in total. The summed E-state index contributed by atoms with van der Waals surface area (Å²) in [6.07, 6.45) is 1.73. The Kier molecular flexibility index (Phi) is 3.17. The SMILES string of the molecule is Cc1ccc(-c2nncn2-c2ccccc2)c(Br)c1. The third-order valence-electron chi connectivity index (χ3n) is 2.95. The Morgan fingerprint density at radius 3 is 2.58 bits per heavy atom. The average molecular weight is 314 g/mol. The first-order valence-corrected chi connectivity index (χ1v) is 6.77. The van der Waals surface area contributed by atoms with Gasteiger partial charge in [-0.15, -0.1) is 10.2 Å².